The fourth-order valence-electron chi connectivity index (χ4n) is 3.72. The van der Waals surface area contributed by atoms with E-state index in [1.807, 2.05) is 36.4 Å². The van der Waals surface area contributed by atoms with E-state index < -0.39 is 0 Å². The van der Waals surface area contributed by atoms with Crippen molar-refractivity contribution in [1.29, 1.82) is 5.26 Å². The fourth-order valence-corrected chi connectivity index (χ4v) is 3.72. The molecule has 3 heteroatoms. The highest BCUT2D eigenvalue weighted by atomic mass is 16.3. The summed E-state index contributed by atoms with van der Waals surface area (Å²) in [5, 5.41) is 13.7. The van der Waals surface area contributed by atoms with E-state index in [2.05, 4.69) is 48.1 Å². The zero-order valence-electron chi connectivity index (χ0n) is 14.0. The van der Waals surface area contributed by atoms with Gasteiger partial charge in [-0.1, -0.05) is 49.6 Å². The monoisotopic (exact) mass is 334 g/mol. The summed E-state index contributed by atoms with van der Waals surface area (Å²) in [7, 11) is 0. The van der Waals surface area contributed by atoms with Crippen LogP contribution in [0.3, 0.4) is 0 Å². The molecule has 0 atom stereocenters. The van der Waals surface area contributed by atoms with E-state index in [0.29, 0.717) is 16.6 Å². The third-order valence-corrected chi connectivity index (χ3v) is 4.94. The summed E-state index contributed by atoms with van der Waals surface area (Å²) in [4.78, 5) is 0. The molecule has 0 fully saturated rings. The minimum absolute atomic E-state index is 0.525. The van der Waals surface area contributed by atoms with Crippen LogP contribution in [0.1, 0.15) is 5.56 Å². The topological polar surface area (TPSA) is 41.9 Å². The lowest BCUT2D eigenvalue weighted by Crippen LogP contribution is -2.15. The van der Waals surface area contributed by atoms with Gasteiger partial charge in [0.2, 0.25) is 0 Å². The molecule has 2 heterocycles. The molecule has 5 aromatic rings. The number of hydrogen-bond donors (Lipinski definition) is 0. The van der Waals surface area contributed by atoms with Crippen molar-refractivity contribution in [3.05, 3.63) is 76.9 Å². The first-order valence-corrected chi connectivity index (χ1v) is 8.33. The number of rotatable bonds is 1. The Morgan fingerprint density at radius 3 is 2.04 bits per heavy atom. The second-order valence-corrected chi connectivity index (χ2v) is 6.32. The molecule has 3 aromatic carbocycles. The summed E-state index contributed by atoms with van der Waals surface area (Å²) < 4.78 is 8.05. The Morgan fingerprint density at radius 1 is 0.808 bits per heavy atom. The molecule has 0 saturated heterocycles. The lowest BCUT2D eigenvalue weighted by Gasteiger charge is -2.10. The van der Waals surface area contributed by atoms with Crippen molar-refractivity contribution in [3.8, 4) is 11.8 Å². The van der Waals surface area contributed by atoms with Gasteiger partial charge in [-0.05, 0) is 24.3 Å². The number of nitriles is 1. The maximum atomic E-state index is 9.76. The van der Waals surface area contributed by atoms with Crippen LogP contribution in [0.25, 0.3) is 51.6 Å². The van der Waals surface area contributed by atoms with Crippen molar-refractivity contribution < 1.29 is 4.42 Å². The molecule has 0 bridgehead atoms. The van der Waals surface area contributed by atoms with Crippen LogP contribution in [-0.2, 0) is 0 Å². The summed E-state index contributed by atoms with van der Waals surface area (Å²) in [5.74, 6) is 0. The van der Waals surface area contributed by atoms with Crippen molar-refractivity contribution in [3.63, 3.8) is 0 Å². The molecule has 0 spiro atoms. The molecule has 3 nitrogen and oxygen atoms in total. The first kappa shape index (κ1) is 14.6. The van der Waals surface area contributed by atoms with Crippen LogP contribution in [-0.4, -0.2) is 4.57 Å². The van der Waals surface area contributed by atoms with Gasteiger partial charge in [-0.25, -0.2) is 0 Å². The second-order valence-electron chi connectivity index (χ2n) is 6.32. The van der Waals surface area contributed by atoms with Crippen molar-refractivity contribution in [1.82, 2.24) is 4.57 Å². The largest absolute Gasteiger partial charge is 0.454 e. The molecule has 0 aliphatic heterocycles. The standard InChI is InChI=1S/C23H14N2O/c1-14-15(2)26-23-17(14)12-11-16(13-24)22(23)25-20-9-5-3-7-18(20)19-8-4-6-10-21(19)25/h3-12H,1-2H2. The molecule has 26 heavy (non-hydrogen) atoms. The first-order valence-electron chi connectivity index (χ1n) is 8.33. The summed E-state index contributed by atoms with van der Waals surface area (Å²) in [5.41, 5.74) is 4.53. The predicted molar refractivity (Wildman–Crippen MR) is 106 cm³/mol. The maximum Gasteiger partial charge on any atom is 0.160 e. The molecule has 0 amide bonds. The van der Waals surface area contributed by atoms with E-state index in [1.54, 1.807) is 0 Å². The summed E-state index contributed by atoms with van der Waals surface area (Å²) >= 11 is 0. The van der Waals surface area contributed by atoms with E-state index in [9.17, 15) is 5.26 Å². The third-order valence-electron chi connectivity index (χ3n) is 4.94. The molecule has 5 rings (SSSR count). The molecule has 0 saturated carbocycles. The van der Waals surface area contributed by atoms with Gasteiger partial charge in [-0.3, -0.25) is 0 Å². The van der Waals surface area contributed by atoms with Crippen molar-refractivity contribution in [2.75, 3.05) is 0 Å². The van der Waals surface area contributed by atoms with Gasteiger partial charge in [0.1, 0.15) is 17.2 Å². The molecule has 0 unspecified atom stereocenters. The van der Waals surface area contributed by atoms with E-state index in [1.165, 1.54) is 0 Å². The van der Waals surface area contributed by atoms with Crippen LogP contribution >= 0.6 is 0 Å². The third kappa shape index (κ3) is 1.76. The van der Waals surface area contributed by atoms with E-state index >= 15 is 0 Å². The number of furan rings is 1. The van der Waals surface area contributed by atoms with E-state index in [4.69, 9.17) is 4.42 Å². The number of para-hydroxylation sites is 2. The lowest BCUT2D eigenvalue weighted by atomic mass is 10.1. The Labute approximate surface area is 149 Å². The van der Waals surface area contributed by atoms with Crippen LogP contribution in [0.15, 0.2) is 65.1 Å². The molecule has 0 N–H and O–H groups in total. The highest BCUT2D eigenvalue weighted by Gasteiger charge is 2.19. The van der Waals surface area contributed by atoms with Gasteiger partial charge in [-0.2, -0.15) is 5.26 Å². The predicted octanol–water partition coefficient (Wildman–Crippen LogP) is 4.22. The number of aromatic nitrogens is 1. The van der Waals surface area contributed by atoms with E-state index in [-0.39, 0.29) is 0 Å². The minimum atomic E-state index is 0.525. The van der Waals surface area contributed by atoms with Gasteiger partial charge in [0, 0.05) is 21.4 Å². The highest BCUT2D eigenvalue weighted by Crippen LogP contribution is 2.35. The Bertz CT molecular complexity index is 1430. The van der Waals surface area contributed by atoms with Gasteiger partial charge in [0.05, 0.1) is 16.6 Å². The van der Waals surface area contributed by atoms with E-state index in [0.717, 1.165) is 38.1 Å². The molecule has 0 radical (unpaired) electrons. The summed E-state index contributed by atoms with van der Waals surface area (Å²) in [6, 6.07) is 22.4. The van der Waals surface area contributed by atoms with Crippen molar-refractivity contribution in [2.24, 2.45) is 0 Å². The maximum absolute atomic E-state index is 9.76. The van der Waals surface area contributed by atoms with Crippen LogP contribution in [0, 0.1) is 11.3 Å². The van der Waals surface area contributed by atoms with Gasteiger partial charge < -0.3 is 8.98 Å². The molecule has 2 aromatic heterocycles. The zero-order valence-corrected chi connectivity index (χ0v) is 14.0. The van der Waals surface area contributed by atoms with Crippen LogP contribution in [0.5, 0.6) is 0 Å². The van der Waals surface area contributed by atoms with Gasteiger partial charge in [-0.15, -0.1) is 0 Å². The quantitative estimate of drug-likeness (QED) is 0.460. The number of benzene rings is 3. The molecule has 0 aliphatic rings. The number of hydrogen-bond acceptors (Lipinski definition) is 2. The SMILES string of the molecule is C=c1oc2c(-n3c4ccccc4c4ccccc43)c(C#N)ccc2c1=C. The van der Waals surface area contributed by atoms with Crippen molar-refractivity contribution in [2.45, 2.75) is 0 Å². The minimum Gasteiger partial charge on any atom is -0.454 e. The number of nitrogens with zero attached hydrogens (tertiary/aromatic N) is 2. The summed E-state index contributed by atoms with van der Waals surface area (Å²) in [6.45, 7) is 8.00. The Balaban J connectivity index is 2.11. The number of fused-ring (bicyclic) bond motifs is 4. The average Bonchev–Trinajstić information content (AvgIpc) is 3.16. The molecule has 122 valence electrons. The second kappa shape index (κ2) is 5.11. The normalized spacial score (nSPS) is 11.3. The highest BCUT2D eigenvalue weighted by molar-refractivity contribution is 6.10. The Morgan fingerprint density at radius 2 is 1.42 bits per heavy atom. The summed E-state index contributed by atoms with van der Waals surface area (Å²) in [6.07, 6.45) is 0. The lowest BCUT2D eigenvalue weighted by molar-refractivity contribution is 0.576. The van der Waals surface area contributed by atoms with Crippen molar-refractivity contribution >= 4 is 45.9 Å². The van der Waals surface area contributed by atoms with Crippen LogP contribution in [0.4, 0.5) is 0 Å². The van der Waals surface area contributed by atoms with Gasteiger partial charge in [0.25, 0.3) is 0 Å². The van der Waals surface area contributed by atoms with Crippen LogP contribution in [0.2, 0.25) is 0 Å². The van der Waals surface area contributed by atoms with Crippen LogP contribution < -0.4 is 10.6 Å². The average molecular weight is 334 g/mol. The fraction of sp³-hybridized carbons (Fsp3) is 0. The van der Waals surface area contributed by atoms with Gasteiger partial charge in [0.15, 0.2) is 5.58 Å². The first-order chi connectivity index (χ1) is 12.7. The van der Waals surface area contributed by atoms with Gasteiger partial charge >= 0.3 is 0 Å². The Kier molecular flexibility index (Phi) is 2.86. The zero-order chi connectivity index (χ0) is 17.8. The Hall–Kier alpha value is -3.77. The molecular formula is C23H14N2O. The smallest absolute Gasteiger partial charge is 0.160 e. The molecule has 0 aliphatic carbocycles. The molecular weight excluding hydrogens is 320 g/mol.